The summed E-state index contributed by atoms with van der Waals surface area (Å²) in [6.07, 6.45) is 0.264. The highest BCUT2D eigenvalue weighted by atomic mass is 16.5. The molecule has 0 rings (SSSR count). The fraction of sp³-hybridized carbons (Fsp3) is 0.727. The summed E-state index contributed by atoms with van der Waals surface area (Å²) in [5.74, 6) is -1.02. The highest BCUT2D eigenvalue weighted by Gasteiger charge is 2.08. The lowest BCUT2D eigenvalue weighted by molar-refractivity contribution is -0.145. The van der Waals surface area contributed by atoms with Crippen LogP contribution in [-0.2, 0) is 23.9 Å². The number of amides is 1. The fourth-order valence-corrected chi connectivity index (χ4v) is 1.07. The average Bonchev–Trinajstić information content (AvgIpc) is 2.27. The summed E-state index contributed by atoms with van der Waals surface area (Å²) in [5, 5.41) is 2.52. The Hall–Kier alpha value is -1.59. The molecule has 6 heteroatoms. The number of hydrogen-bond donors (Lipinski definition) is 1. The first kappa shape index (κ1) is 15.4. The molecule has 0 fully saturated rings. The minimum atomic E-state index is -0.395. The van der Waals surface area contributed by atoms with Crippen LogP contribution in [0.25, 0.3) is 0 Å². The molecule has 0 bridgehead atoms. The highest BCUT2D eigenvalue weighted by molar-refractivity contribution is 5.81. The smallest absolute Gasteiger partial charge is 0.307 e. The molecule has 0 heterocycles. The van der Waals surface area contributed by atoms with E-state index in [1.807, 2.05) is 0 Å². The van der Waals surface area contributed by atoms with Crippen molar-refractivity contribution in [2.24, 2.45) is 0 Å². The molecule has 0 aliphatic heterocycles. The maximum Gasteiger partial charge on any atom is 0.307 e. The lowest BCUT2D eigenvalue weighted by atomic mass is 10.3. The molecule has 0 aliphatic carbocycles. The maximum atomic E-state index is 11.2. The molecule has 0 unspecified atom stereocenters. The molecule has 98 valence electrons. The van der Waals surface area contributed by atoms with E-state index in [-0.39, 0.29) is 37.7 Å². The zero-order chi connectivity index (χ0) is 13.1. The van der Waals surface area contributed by atoms with Gasteiger partial charge in [-0.25, -0.2) is 0 Å². The molecule has 1 amide bonds. The number of rotatable bonds is 8. The van der Waals surface area contributed by atoms with Crippen LogP contribution in [0.1, 0.15) is 33.1 Å². The van der Waals surface area contributed by atoms with Crippen molar-refractivity contribution in [2.75, 3.05) is 19.8 Å². The second kappa shape index (κ2) is 9.62. The molecule has 0 aliphatic rings. The van der Waals surface area contributed by atoms with Crippen LogP contribution in [0.3, 0.4) is 0 Å². The van der Waals surface area contributed by atoms with Crippen LogP contribution in [0.5, 0.6) is 0 Å². The molecule has 6 nitrogen and oxygen atoms in total. The van der Waals surface area contributed by atoms with Crippen molar-refractivity contribution >= 4 is 17.8 Å². The second-order valence-electron chi connectivity index (χ2n) is 3.21. The number of ether oxygens (including phenoxy) is 2. The van der Waals surface area contributed by atoms with E-state index < -0.39 is 5.97 Å². The van der Waals surface area contributed by atoms with E-state index in [2.05, 4.69) is 14.8 Å². The Morgan fingerprint density at radius 2 is 1.41 bits per heavy atom. The van der Waals surface area contributed by atoms with Crippen molar-refractivity contribution in [3.8, 4) is 0 Å². The minimum Gasteiger partial charge on any atom is -0.466 e. The summed E-state index contributed by atoms with van der Waals surface area (Å²) in [5.41, 5.74) is 0. The lowest BCUT2D eigenvalue weighted by Gasteiger charge is -2.05. The predicted octanol–water partition coefficient (Wildman–Crippen LogP) is 0.399. The van der Waals surface area contributed by atoms with Crippen LogP contribution < -0.4 is 5.32 Å². The molecular formula is C11H19NO5. The highest BCUT2D eigenvalue weighted by Crippen LogP contribution is 1.93. The Bertz CT molecular complexity index is 265. The third-order valence-corrected chi connectivity index (χ3v) is 1.82. The standard InChI is InChI=1S/C11H19NO5/c1-3-16-10(14)6-5-9(13)12-8-7-11(15)17-4-2/h3-8H2,1-2H3,(H,12,13). The van der Waals surface area contributed by atoms with Crippen LogP contribution >= 0.6 is 0 Å². The molecule has 0 radical (unpaired) electrons. The van der Waals surface area contributed by atoms with Crippen molar-refractivity contribution in [1.82, 2.24) is 5.32 Å². The van der Waals surface area contributed by atoms with Gasteiger partial charge >= 0.3 is 11.9 Å². The van der Waals surface area contributed by atoms with E-state index >= 15 is 0 Å². The van der Waals surface area contributed by atoms with E-state index in [0.717, 1.165) is 0 Å². The van der Waals surface area contributed by atoms with Crippen molar-refractivity contribution in [2.45, 2.75) is 33.1 Å². The summed E-state index contributed by atoms with van der Waals surface area (Å²) >= 11 is 0. The summed E-state index contributed by atoms with van der Waals surface area (Å²) < 4.78 is 9.36. The second-order valence-corrected chi connectivity index (χ2v) is 3.21. The van der Waals surface area contributed by atoms with Crippen LogP contribution in [-0.4, -0.2) is 37.6 Å². The number of nitrogens with one attached hydrogen (secondary N) is 1. The molecule has 0 saturated carbocycles. The molecule has 0 aromatic carbocycles. The first-order valence-electron chi connectivity index (χ1n) is 5.68. The topological polar surface area (TPSA) is 81.7 Å². The summed E-state index contributed by atoms with van der Waals surface area (Å²) in [7, 11) is 0. The molecule has 0 aromatic rings. The predicted molar refractivity (Wildman–Crippen MR) is 60.1 cm³/mol. The van der Waals surface area contributed by atoms with Gasteiger partial charge in [0.1, 0.15) is 0 Å². The lowest BCUT2D eigenvalue weighted by Crippen LogP contribution is -2.27. The van der Waals surface area contributed by atoms with Gasteiger partial charge in [-0.05, 0) is 13.8 Å². The average molecular weight is 245 g/mol. The third kappa shape index (κ3) is 9.35. The number of carbonyl (C=O) groups is 3. The normalized spacial score (nSPS) is 9.53. The van der Waals surface area contributed by atoms with Crippen molar-refractivity contribution in [3.63, 3.8) is 0 Å². The molecule has 1 N–H and O–H groups in total. The van der Waals surface area contributed by atoms with Gasteiger partial charge in [-0.3, -0.25) is 14.4 Å². The van der Waals surface area contributed by atoms with Gasteiger partial charge in [-0.15, -0.1) is 0 Å². The van der Waals surface area contributed by atoms with Gasteiger partial charge in [0.2, 0.25) is 5.91 Å². The van der Waals surface area contributed by atoms with Crippen molar-refractivity contribution < 1.29 is 23.9 Å². The number of carbonyl (C=O) groups excluding carboxylic acids is 3. The Kier molecular flexibility index (Phi) is 8.72. The van der Waals surface area contributed by atoms with Crippen LogP contribution in [0.4, 0.5) is 0 Å². The Labute approximate surface area is 101 Å². The SMILES string of the molecule is CCOC(=O)CCNC(=O)CCC(=O)OCC. The van der Waals surface area contributed by atoms with Crippen molar-refractivity contribution in [3.05, 3.63) is 0 Å². The summed E-state index contributed by atoms with van der Waals surface area (Å²) in [4.78, 5) is 33.1. The zero-order valence-electron chi connectivity index (χ0n) is 10.3. The minimum absolute atomic E-state index is 0.0546. The molecule has 17 heavy (non-hydrogen) atoms. The Morgan fingerprint density at radius 1 is 0.882 bits per heavy atom. The Balaban J connectivity index is 3.53. The Morgan fingerprint density at radius 3 is 1.94 bits per heavy atom. The number of esters is 2. The molecule has 0 saturated heterocycles. The molecular weight excluding hydrogens is 226 g/mol. The van der Waals surface area contributed by atoms with Gasteiger partial charge in [-0.1, -0.05) is 0 Å². The van der Waals surface area contributed by atoms with Gasteiger partial charge in [0.25, 0.3) is 0 Å². The summed E-state index contributed by atoms with van der Waals surface area (Å²) in [6.45, 7) is 4.28. The van der Waals surface area contributed by atoms with E-state index in [4.69, 9.17) is 0 Å². The monoisotopic (exact) mass is 245 g/mol. The summed E-state index contributed by atoms with van der Waals surface area (Å²) in [6, 6.07) is 0. The maximum absolute atomic E-state index is 11.2. The van der Waals surface area contributed by atoms with Crippen LogP contribution in [0.2, 0.25) is 0 Å². The third-order valence-electron chi connectivity index (χ3n) is 1.82. The van der Waals surface area contributed by atoms with E-state index in [1.165, 1.54) is 0 Å². The first-order valence-corrected chi connectivity index (χ1v) is 5.68. The van der Waals surface area contributed by atoms with Gasteiger partial charge in [-0.2, -0.15) is 0 Å². The molecule has 0 aromatic heterocycles. The number of hydrogen-bond acceptors (Lipinski definition) is 5. The molecule has 0 atom stereocenters. The quantitative estimate of drug-likeness (QED) is 0.626. The first-order chi connectivity index (χ1) is 8.10. The zero-order valence-corrected chi connectivity index (χ0v) is 10.3. The van der Waals surface area contributed by atoms with Gasteiger partial charge in [0.15, 0.2) is 0 Å². The molecule has 0 spiro atoms. The fourth-order valence-electron chi connectivity index (χ4n) is 1.07. The van der Waals surface area contributed by atoms with Crippen LogP contribution in [0, 0.1) is 0 Å². The van der Waals surface area contributed by atoms with E-state index in [1.54, 1.807) is 13.8 Å². The van der Waals surface area contributed by atoms with Crippen molar-refractivity contribution in [1.29, 1.82) is 0 Å². The largest absolute Gasteiger partial charge is 0.466 e. The van der Waals surface area contributed by atoms with E-state index in [0.29, 0.717) is 13.2 Å². The van der Waals surface area contributed by atoms with E-state index in [9.17, 15) is 14.4 Å². The van der Waals surface area contributed by atoms with Gasteiger partial charge in [0.05, 0.1) is 26.1 Å². The van der Waals surface area contributed by atoms with Crippen LogP contribution in [0.15, 0.2) is 0 Å². The van der Waals surface area contributed by atoms with Gasteiger partial charge in [0, 0.05) is 13.0 Å². The van der Waals surface area contributed by atoms with Gasteiger partial charge < -0.3 is 14.8 Å².